The molecule has 5 nitrogen and oxygen atoms in total. The van der Waals surface area contributed by atoms with Crippen LogP contribution >= 0.6 is 0 Å². The van der Waals surface area contributed by atoms with E-state index in [1.807, 2.05) is 13.1 Å². The minimum atomic E-state index is -0.260. The Labute approximate surface area is 100 Å². The van der Waals surface area contributed by atoms with Gasteiger partial charge in [-0.15, -0.1) is 0 Å². The third-order valence-corrected chi connectivity index (χ3v) is 3.77. The van der Waals surface area contributed by atoms with Gasteiger partial charge in [-0.3, -0.25) is 4.79 Å². The van der Waals surface area contributed by atoms with Crippen molar-refractivity contribution in [1.82, 2.24) is 15.6 Å². The van der Waals surface area contributed by atoms with Crippen molar-refractivity contribution in [3.8, 4) is 0 Å². The Balaban J connectivity index is 2.05. The van der Waals surface area contributed by atoms with E-state index in [-0.39, 0.29) is 11.6 Å². The van der Waals surface area contributed by atoms with Crippen molar-refractivity contribution >= 4 is 11.7 Å². The summed E-state index contributed by atoms with van der Waals surface area (Å²) >= 11 is 0. The van der Waals surface area contributed by atoms with Crippen LogP contribution < -0.4 is 15.5 Å². The molecule has 0 aromatic carbocycles. The predicted molar refractivity (Wildman–Crippen MR) is 64.9 cm³/mol. The monoisotopic (exact) mass is 232 g/mol. The summed E-state index contributed by atoms with van der Waals surface area (Å²) in [7, 11) is 2.01. The molecule has 0 radical (unpaired) electrons. The zero-order valence-corrected chi connectivity index (χ0v) is 9.86. The molecule has 1 spiro atoms. The summed E-state index contributed by atoms with van der Waals surface area (Å²) in [5, 5.41) is 6.46. The number of hydrogen-bond donors (Lipinski definition) is 2. The number of carbonyl (C=O) groups excluding carboxylic acids is 1. The molecule has 3 heterocycles. The van der Waals surface area contributed by atoms with E-state index in [1.54, 1.807) is 12.3 Å². The summed E-state index contributed by atoms with van der Waals surface area (Å²) in [4.78, 5) is 18.6. The number of hydrogen-bond acceptors (Lipinski definition) is 4. The summed E-state index contributed by atoms with van der Waals surface area (Å²) in [6, 6.07) is 3.62. The first-order valence-electron chi connectivity index (χ1n) is 5.95. The number of nitrogens with one attached hydrogen (secondary N) is 2. The third-order valence-electron chi connectivity index (χ3n) is 3.77. The van der Waals surface area contributed by atoms with Gasteiger partial charge in [0.1, 0.15) is 11.5 Å². The van der Waals surface area contributed by atoms with Crippen molar-refractivity contribution < 1.29 is 4.79 Å². The fourth-order valence-electron chi connectivity index (χ4n) is 2.71. The Morgan fingerprint density at radius 3 is 2.94 bits per heavy atom. The van der Waals surface area contributed by atoms with Crippen LogP contribution in [0.25, 0.3) is 0 Å². The van der Waals surface area contributed by atoms with Gasteiger partial charge in [0.2, 0.25) is 0 Å². The summed E-state index contributed by atoms with van der Waals surface area (Å²) in [6.45, 7) is 1.85. The smallest absolute Gasteiger partial charge is 0.256 e. The van der Waals surface area contributed by atoms with Crippen LogP contribution in [0.15, 0.2) is 18.3 Å². The van der Waals surface area contributed by atoms with Crippen molar-refractivity contribution in [2.45, 2.75) is 18.5 Å². The van der Waals surface area contributed by atoms with Crippen molar-refractivity contribution in [1.29, 1.82) is 0 Å². The number of pyridine rings is 1. The first kappa shape index (κ1) is 10.5. The van der Waals surface area contributed by atoms with Crippen LogP contribution in [0.2, 0.25) is 0 Å². The fraction of sp³-hybridized carbons (Fsp3) is 0.500. The lowest BCUT2D eigenvalue weighted by Gasteiger charge is -2.48. The normalized spacial score (nSPS) is 22.2. The van der Waals surface area contributed by atoms with Crippen molar-refractivity contribution in [3.05, 3.63) is 23.9 Å². The highest BCUT2D eigenvalue weighted by molar-refractivity contribution is 6.01. The van der Waals surface area contributed by atoms with Crippen LogP contribution in [0, 0.1) is 0 Å². The maximum absolute atomic E-state index is 12.1. The lowest BCUT2D eigenvalue weighted by molar-refractivity contribution is 0.0854. The third kappa shape index (κ3) is 1.50. The van der Waals surface area contributed by atoms with E-state index in [1.165, 1.54) is 0 Å². The van der Waals surface area contributed by atoms with Crippen molar-refractivity contribution in [3.63, 3.8) is 0 Å². The molecule has 90 valence electrons. The van der Waals surface area contributed by atoms with E-state index in [0.29, 0.717) is 5.56 Å². The van der Waals surface area contributed by atoms with Crippen molar-refractivity contribution in [2.24, 2.45) is 0 Å². The minimum Gasteiger partial charge on any atom is -0.336 e. The average molecular weight is 232 g/mol. The topological polar surface area (TPSA) is 57.3 Å². The first-order valence-corrected chi connectivity index (χ1v) is 5.95. The van der Waals surface area contributed by atoms with Crippen LogP contribution in [-0.4, -0.2) is 36.7 Å². The highest BCUT2D eigenvalue weighted by atomic mass is 16.2. The summed E-state index contributed by atoms with van der Waals surface area (Å²) in [5.41, 5.74) is 0.406. The van der Waals surface area contributed by atoms with E-state index in [4.69, 9.17) is 0 Å². The molecule has 2 N–H and O–H groups in total. The largest absolute Gasteiger partial charge is 0.336 e. The number of aromatic nitrogens is 1. The highest BCUT2D eigenvalue weighted by Crippen LogP contribution is 2.32. The second-order valence-corrected chi connectivity index (χ2v) is 4.67. The van der Waals surface area contributed by atoms with E-state index in [9.17, 15) is 4.79 Å². The quantitative estimate of drug-likeness (QED) is 0.677. The average Bonchev–Trinajstić information content (AvgIpc) is 2.37. The SMILES string of the molecule is CN1c2ncccc2C(=O)NC12CCNCC2. The zero-order valence-electron chi connectivity index (χ0n) is 9.86. The van der Waals surface area contributed by atoms with Gasteiger partial charge < -0.3 is 15.5 Å². The second-order valence-electron chi connectivity index (χ2n) is 4.67. The van der Waals surface area contributed by atoms with E-state index < -0.39 is 0 Å². The Bertz CT molecular complexity index is 454. The molecule has 1 saturated heterocycles. The summed E-state index contributed by atoms with van der Waals surface area (Å²) in [6.07, 6.45) is 3.55. The molecule has 0 atom stereocenters. The molecule has 3 rings (SSSR count). The van der Waals surface area contributed by atoms with E-state index >= 15 is 0 Å². The molecule has 1 fully saturated rings. The van der Waals surface area contributed by atoms with E-state index in [2.05, 4.69) is 20.5 Å². The lowest BCUT2D eigenvalue weighted by Crippen LogP contribution is -2.66. The van der Waals surface area contributed by atoms with Gasteiger partial charge in [0.05, 0.1) is 5.56 Å². The molecule has 0 bridgehead atoms. The summed E-state index contributed by atoms with van der Waals surface area (Å²) < 4.78 is 0. The lowest BCUT2D eigenvalue weighted by atomic mass is 9.93. The Kier molecular flexibility index (Phi) is 2.29. The number of anilines is 1. The number of nitrogens with zero attached hydrogens (tertiary/aromatic N) is 2. The molecular formula is C12H16N4O. The van der Waals surface area contributed by atoms with E-state index in [0.717, 1.165) is 31.7 Å². The Hall–Kier alpha value is -1.62. The molecule has 5 heteroatoms. The predicted octanol–water partition coefficient (Wildman–Crippen LogP) is 0.341. The standard InChI is InChI=1S/C12H16N4O/c1-16-10-9(3-2-6-14-10)11(17)15-12(16)4-7-13-8-5-12/h2-3,6,13H,4-5,7-8H2,1H3,(H,15,17). The van der Waals surface area contributed by atoms with Crippen LogP contribution in [0.3, 0.4) is 0 Å². The number of piperidine rings is 1. The van der Waals surface area contributed by atoms with Gasteiger partial charge in [-0.05, 0) is 25.2 Å². The number of rotatable bonds is 0. The van der Waals surface area contributed by atoms with Crippen LogP contribution in [0.4, 0.5) is 5.82 Å². The Morgan fingerprint density at radius 1 is 1.41 bits per heavy atom. The molecule has 1 amide bonds. The maximum Gasteiger partial charge on any atom is 0.256 e. The molecule has 0 aliphatic carbocycles. The van der Waals surface area contributed by atoms with Gasteiger partial charge in [-0.2, -0.15) is 0 Å². The molecule has 0 saturated carbocycles. The summed E-state index contributed by atoms with van der Waals surface area (Å²) in [5.74, 6) is 0.784. The number of fused-ring (bicyclic) bond motifs is 1. The van der Waals surface area contributed by atoms with Crippen molar-refractivity contribution in [2.75, 3.05) is 25.0 Å². The molecule has 1 aromatic heterocycles. The van der Waals surface area contributed by atoms with Gasteiger partial charge in [0, 0.05) is 26.1 Å². The van der Waals surface area contributed by atoms with Gasteiger partial charge in [0.15, 0.2) is 0 Å². The minimum absolute atomic E-state index is 0.00639. The molecule has 17 heavy (non-hydrogen) atoms. The molecule has 2 aliphatic rings. The molecule has 2 aliphatic heterocycles. The number of amides is 1. The molecule has 1 aromatic rings. The molecule has 0 unspecified atom stereocenters. The van der Waals surface area contributed by atoms with Crippen LogP contribution in [0.5, 0.6) is 0 Å². The highest BCUT2D eigenvalue weighted by Gasteiger charge is 2.43. The fourth-order valence-corrected chi connectivity index (χ4v) is 2.71. The first-order chi connectivity index (χ1) is 8.23. The van der Waals surface area contributed by atoms with Gasteiger partial charge in [0.25, 0.3) is 5.91 Å². The van der Waals surface area contributed by atoms with Crippen LogP contribution in [-0.2, 0) is 0 Å². The number of carbonyl (C=O) groups is 1. The van der Waals surface area contributed by atoms with Gasteiger partial charge in [-0.25, -0.2) is 4.98 Å². The maximum atomic E-state index is 12.1. The Morgan fingerprint density at radius 2 is 2.18 bits per heavy atom. The second kappa shape index (κ2) is 3.70. The zero-order chi connectivity index (χ0) is 11.9. The molecular weight excluding hydrogens is 216 g/mol. The van der Waals surface area contributed by atoms with Gasteiger partial charge in [-0.1, -0.05) is 0 Å². The van der Waals surface area contributed by atoms with Crippen LogP contribution in [0.1, 0.15) is 23.2 Å². The van der Waals surface area contributed by atoms with Gasteiger partial charge >= 0.3 is 0 Å².